The van der Waals surface area contributed by atoms with E-state index in [-0.39, 0.29) is 6.09 Å². The van der Waals surface area contributed by atoms with E-state index in [1.165, 1.54) is 0 Å². The second kappa shape index (κ2) is 5.73. The van der Waals surface area contributed by atoms with Crippen molar-refractivity contribution in [3.63, 3.8) is 0 Å². The van der Waals surface area contributed by atoms with Gasteiger partial charge >= 0.3 is 6.09 Å². The van der Waals surface area contributed by atoms with Crippen molar-refractivity contribution in [1.82, 2.24) is 5.32 Å². The number of nitrogens with one attached hydrogen (secondary N) is 1. The van der Waals surface area contributed by atoms with Gasteiger partial charge in [0.1, 0.15) is 5.60 Å². The van der Waals surface area contributed by atoms with Gasteiger partial charge in [0.15, 0.2) is 0 Å². The van der Waals surface area contributed by atoms with E-state index in [9.17, 15) is 4.79 Å². The third-order valence-electron chi connectivity index (χ3n) is 2.25. The maximum Gasteiger partial charge on any atom is 0.407 e. The molecule has 0 saturated heterocycles. The van der Waals surface area contributed by atoms with Crippen LogP contribution in [0, 0.1) is 5.92 Å². The first-order chi connectivity index (χ1) is 7.47. The van der Waals surface area contributed by atoms with Gasteiger partial charge in [-0.2, -0.15) is 0 Å². The average molecular weight is 223 g/mol. The molecule has 0 radical (unpaired) electrons. The van der Waals surface area contributed by atoms with Gasteiger partial charge in [-0.05, 0) is 39.5 Å². The molecular formula is C13H21NO2. The summed E-state index contributed by atoms with van der Waals surface area (Å²) in [4.78, 5) is 11.3. The Morgan fingerprint density at radius 2 is 2.19 bits per heavy atom. The Morgan fingerprint density at radius 1 is 1.44 bits per heavy atom. The van der Waals surface area contributed by atoms with Gasteiger partial charge in [-0.15, -0.1) is 0 Å². The van der Waals surface area contributed by atoms with E-state index in [2.05, 4.69) is 29.6 Å². The summed E-state index contributed by atoms with van der Waals surface area (Å²) in [6.07, 6.45) is 10.1. The molecule has 1 unspecified atom stereocenters. The quantitative estimate of drug-likeness (QED) is 0.798. The van der Waals surface area contributed by atoms with Crippen molar-refractivity contribution in [2.45, 2.75) is 39.2 Å². The number of carbonyl (C=O) groups excluding carboxylic acids is 1. The van der Waals surface area contributed by atoms with Gasteiger partial charge in [-0.25, -0.2) is 4.79 Å². The maximum atomic E-state index is 11.3. The molecule has 0 spiro atoms. The fourth-order valence-electron chi connectivity index (χ4n) is 1.52. The van der Waals surface area contributed by atoms with Crippen molar-refractivity contribution in [3.05, 3.63) is 24.3 Å². The normalized spacial score (nSPS) is 19.6. The van der Waals surface area contributed by atoms with Crippen molar-refractivity contribution >= 4 is 6.09 Å². The molecule has 0 aromatic carbocycles. The topological polar surface area (TPSA) is 38.3 Å². The standard InChI is InChI=1S/C13H21NO2/c1-13(2,3)16-12(15)14-10-9-11-7-5-4-6-8-11/h4-7,11H,8-10H2,1-3H3,(H,14,15). The lowest BCUT2D eigenvalue weighted by atomic mass is 9.97. The average Bonchev–Trinajstić information content (AvgIpc) is 2.16. The first-order valence-electron chi connectivity index (χ1n) is 5.77. The van der Waals surface area contributed by atoms with Crippen LogP contribution >= 0.6 is 0 Å². The molecule has 0 aromatic heterocycles. The first-order valence-corrected chi connectivity index (χ1v) is 5.77. The van der Waals surface area contributed by atoms with Crippen LogP contribution < -0.4 is 5.32 Å². The van der Waals surface area contributed by atoms with E-state index in [0.717, 1.165) is 12.8 Å². The van der Waals surface area contributed by atoms with Crippen LogP contribution in [0.4, 0.5) is 4.79 Å². The molecule has 0 fully saturated rings. The highest BCUT2D eigenvalue weighted by molar-refractivity contribution is 5.67. The van der Waals surface area contributed by atoms with E-state index >= 15 is 0 Å². The number of hydrogen-bond donors (Lipinski definition) is 1. The summed E-state index contributed by atoms with van der Waals surface area (Å²) >= 11 is 0. The van der Waals surface area contributed by atoms with Crippen LogP contribution in [-0.4, -0.2) is 18.2 Å². The van der Waals surface area contributed by atoms with Crippen molar-refractivity contribution < 1.29 is 9.53 Å². The van der Waals surface area contributed by atoms with Crippen molar-refractivity contribution in [3.8, 4) is 0 Å². The molecule has 0 aromatic rings. The predicted molar refractivity (Wildman–Crippen MR) is 65.2 cm³/mol. The third kappa shape index (κ3) is 5.59. The fourth-order valence-corrected chi connectivity index (χ4v) is 1.52. The highest BCUT2D eigenvalue weighted by atomic mass is 16.6. The summed E-state index contributed by atoms with van der Waals surface area (Å²) in [7, 11) is 0. The Hall–Kier alpha value is -1.25. The molecule has 3 heteroatoms. The summed E-state index contributed by atoms with van der Waals surface area (Å²) in [6.45, 7) is 6.25. The molecule has 0 heterocycles. The Morgan fingerprint density at radius 3 is 2.75 bits per heavy atom. The molecule has 0 bridgehead atoms. The molecule has 0 aliphatic heterocycles. The summed E-state index contributed by atoms with van der Waals surface area (Å²) < 4.78 is 5.15. The number of ether oxygens (including phenoxy) is 1. The number of allylic oxidation sites excluding steroid dienone is 4. The van der Waals surface area contributed by atoms with E-state index in [1.807, 2.05) is 20.8 Å². The number of rotatable bonds is 3. The van der Waals surface area contributed by atoms with Crippen molar-refractivity contribution in [2.75, 3.05) is 6.54 Å². The van der Waals surface area contributed by atoms with Crippen molar-refractivity contribution in [2.24, 2.45) is 5.92 Å². The molecular weight excluding hydrogens is 202 g/mol. The van der Waals surface area contributed by atoms with Crippen LogP contribution in [0.1, 0.15) is 33.6 Å². The summed E-state index contributed by atoms with van der Waals surface area (Å²) in [5.41, 5.74) is -0.419. The Labute approximate surface area is 97.6 Å². The van der Waals surface area contributed by atoms with E-state index < -0.39 is 5.60 Å². The molecule has 1 aliphatic rings. The largest absolute Gasteiger partial charge is 0.444 e. The van der Waals surface area contributed by atoms with Crippen LogP contribution in [0.25, 0.3) is 0 Å². The Kier molecular flexibility index (Phi) is 4.59. The van der Waals surface area contributed by atoms with E-state index in [4.69, 9.17) is 4.74 Å². The van der Waals surface area contributed by atoms with Crippen molar-refractivity contribution in [1.29, 1.82) is 0 Å². The second-order valence-electron chi connectivity index (χ2n) is 5.03. The van der Waals surface area contributed by atoms with Gasteiger partial charge in [-0.1, -0.05) is 24.3 Å². The monoisotopic (exact) mass is 223 g/mol. The molecule has 0 saturated carbocycles. The number of hydrogen-bond acceptors (Lipinski definition) is 2. The van der Waals surface area contributed by atoms with Crippen LogP contribution in [-0.2, 0) is 4.74 Å². The van der Waals surface area contributed by atoms with Gasteiger partial charge in [-0.3, -0.25) is 0 Å². The molecule has 16 heavy (non-hydrogen) atoms. The molecule has 3 nitrogen and oxygen atoms in total. The van der Waals surface area contributed by atoms with E-state index in [0.29, 0.717) is 12.5 Å². The molecule has 1 rings (SSSR count). The molecule has 1 aliphatic carbocycles. The summed E-state index contributed by atoms with van der Waals surface area (Å²) in [6, 6.07) is 0. The van der Waals surface area contributed by atoms with Gasteiger partial charge in [0.2, 0.25) is 0 Å². The van der Waals surface area contributed by atoms with Crippen LogP contribution in [0.3, 0.4) is 0 Å². The fraction of sp³-hybridized carbons (Fsp3) is 0.615. The Balaban J connectivity index is 2.13. The summed E-state index contributed by atoms with van der Waals surface area (Å²) in [5, 5.41) is 2.77. The van der Waals surface area contributed by atoms with Gasteiger partial charge < -0.3 is 10.1 Å². The lowest BCUT2D eigenvalue weighted by Gasteiger charge is -2.20. The number of amides is 1. The highest BCUT2D eigenvalue weighted by Gasteiger charge is 2.15. The van der Waals surface area contributed by atoms with Gasteiger partial charge in [0, 0.05) is 6.54 Å². The Bertz CT molecular complexity index is 287. The highest BCUT2D eigenvalue weighted by Crippen LogP contribution is 2.14. The zero-order valence-corrected chi connectivity index (χ0v) is 10.3. The minimum atomic E-state index is -0.419. The predicted octanol–water partition coefficient (Wildman–Crippen LogP) is 3.03. The number of alkyl carbamates (subject to hydrolysis) is 1. The van der Waals surface area contributed by atoms with Gasteiger partial charge in [0.05, 0.1) is 0 Å². The SMILES string of the molecule is CC(C)(C)OC(=O)NCCC1C=CC=CC1. The van der Waals surface area contributed by atoms with Crippen LogP contribution in [0.5, 0.6) is 0 Å². The molecule has 1 atom stereocenters. The smallest absolute Gasteiger partial charge is 0.407 e. The summed E-state index contributed by atoms with van der Waals surface area (Å²) in [5.74, 6) is 0.542. The zero-order chi connectivity index (χ0) is 12.0. The first kappa shape index (κ1) is 12.8. The molecule has 90 valence electrons. The van der Waals surface area contributed by atoms with Crippen LogP contribution in [0.15, 0.2) is 24.3 Å². The second-order valence-corrected chi connectivity index (χ2v) is 5.03. The minimum Gasteiger partial charge on any atom is -0.444 e. The molecule has 1 amide bonds. The minimum absolute atomic E-state index is 0.331. The zero-order valence-electron chi connectivity index (χ0n) is 10.3. The van der Waals surface area contributed by atoms with Crippen LogP contribution in [0.2, 0.25) is 0 Å². The number of carbonyl (C=O) groups is 1. The lowest BCUT2D eigenvalue weighted by Crippen LogP contribution is -2.33. The third-order valence-corrected chi connectivity index (χ3v) is 2.25. The molecule has 1 N–H and O–H groups in total. The van der Waals surface area contributed by atoms with Gasteiger partial charge in [0.25, 0.3) is 0 Å². The van der Waals surface area contributed by atoms with E-state index in [1.54, 1.807) is 0 Å². The maximum absolute atomic E-state index is 11.3. The lowest BCUT2D eigenvalue weighted by molar-refractivity contribution is 0.0526.